The van der Waals surface area contributed by atoms with Crippen LogP contribution in [-0.4, -0.2) is 175 Å². The maximum atomic E-state index is 13.1. The number of aliphatic hydroxyl groups is 2. The average molecular weight is 1070 g/mol. The first-order valence-electron chi connectivity index (χ1n) is 24.5. The van der Waals surface area contributed by atoms with E-state index < -0.39 is 73.1 Å². The molecule has 22 heteroatoms. The van der Waals surface area contributed by atoms with E-state index in [9.17, 15) is 48.6 Å². The van der Waals surface area contributed by atoms with Crippen molar-refractivity contribution in [1.82, 2.24) is 41.7 Å². The number of likely N-dealkylation sites (tertiary alicyclic amines) is 2. The van der Waals surface area contributed by atoms with Crippen molar-refractivity contribution in [3.05, 3.63) is 71.8 Å². The molecule has 4 saturated heterocycles. The third-order valence-electron chi connectivity index (χ3n) is 13.0. The summed E-state index contributed by atoms with van der Waals surface area (Å²) in [6.45, 7) is 7.42. The molecule has 8 N–H and O–H groups in total. The lowest BCUT2D eigenvalue weighted by Gasteiger charge is -2.26. The molecule has 0 aliphatic carbocycles. The van der Waals surface area contributed by atoms with Crippen LogP contribution in [0.1, 0.15) is 89.4 Å². The molecule has 8 atom stereocenters. The number of likely N-dealkylation sites (N-methyl/N-ethyl adjacent to an activating group) is 2. The zero-order valence-electron chi connectivity index (χ0n) is 42.0. The Hall–Kier alpha value is -4.16. The number of rotatable bonds is 22. The number of aliphatic hydroxyl groups excluding tert-OH is 2. The molecular formula is C50H72N8O10S4. The van der Waals surface area contributed by atoms with Crippen LogP contribution in [0.3, 0.4) is 0 Å². The Balaban J connectivity index is 0.000000267. The topological polar surface area (TPSA) is 256 Å². The molecule has 0 saturated carbocycles. The second kappa shape index (κ2) is 27.9. The van der Waals surface area contributed by atoms with Gasteiger partial charge in [-0.1, -0.05) is 87.4 Å². The van der Waals surface area contributed by atoms with Gasteiger partial charge in [-0.25, -0.2) is 0 Å². The highest BCUT2D eigenvalue weighted by atomic mass is 32.2. The first kappa shape index (κ1) is 58.7. The van der Waals surface area contributed by atoms with Crippen LogP contribution >= 0.6 is 47.0 Å². The normalized spacial score (nSPS) is 21.5. The zero-order valence-corrected chi connectivity index (χ0v) is 45.2. The lowest BCUT2D eigenvalue weighted by Crippen LogP contribution is -2.54. The molecule has 396 valence electrons. The Labute approximate surface area is 440 Å². The van der Waals surface area contributed by atoms with E-state index in [0.29, 0.717) is 36.8 Å². The number of ketones is 2. The number of nitrogens with one attached hydrogen (secondary N) is 6. The number of Topliss-reactive ketones (excluding diaryl/α,β-unsaturated/α-hetero) is 2. The first-order valence-corrected chi connectivity index (χ1v) is 28.4. The van der Waals surface area contributed by atoms with Gasteiger partial charge in [0.2, 0.25) is 23.6 Å². The summed E-state index contributed by atoms with van der Waals surface area (Å²) in [5.41, 5.74) is 1.28. The van der Waals surface area contributed by atoms with Crippen LogP contribution in [0.25, 0.3) is 0 Å². The summed E-state index contributed by atoms with van der Waals surface area (Å²) in [4.78, 5) is 104. The van der Waals surface area contributed by atoms with Crippen molar-refractivity contribution in [2.75, 3.05) is 63.3 Å². The van der Waals surface area contributed by atoms with E-state index in [1.165, 1.54) is 13.8 Å². The summed E-state index contributed by atoms with van der Waals surface area (Å²) in [5, 5.41) is 37.2. The van der Waals surface area contributed by atoms with E-state index in [1.807, 2.05) is 96.9 Å². The van der Waals surface area contributed by atoms with E-state index in [1.54, 1.807) is 48.5 Å². The van der Waals surface area contributed by atoms with Gasteiger partial charge in [-0.05, 0) is 64.8 Å². The summed E-state index contributed by atoms with van der Waals surface area (Å²) in [5.74, 6) is 0.844. The van der Waals surface area contributed by atoms with Crippen LogP contribution in [0, 0.1) is 0 Å². The number of benzene rings is 2. The molecule has 6 rings (SSSR count). The maximum absolute atomic E-state index is 13.1. The van der Waals surface area contributed by atoms with Crippen LogP contribution in [0.5, 0.6) is 0 Å². The largest absolute Gasteiger partial charge is 0.381 e. The number of amides is 6. The molecule has 4 heterocycles. The smallest absolute Gasteiger partial charge is 0.251 e. The molecule has 2 aromatic carbocycles. The molecule has 6 amide bonds. The van der Waals surface area contributed by atoms with Crippen molar-refractivity contribution in [2.24, 2.45) is 0 Å². The number of carbonyl (C=O) groups is 8. The van der Waals surface area contributed by atoms with Crippen molar-refractivity contribution in [1.29, 1.82) is 0 Å². The lowest BCUT2D eigenvalue weighted by molar-refractivity contribution is -0.136. The van der Waals surface area contributed by atoms with Crippen LogP contribution in [0.2, 0.25) is 0 Å². The van der Waals surface area contributed by atoms with E-state index >= 15 is 0 Å². The number of hydrogen-bond donors (Lipinski definition) is 8. The van der Waals surface area contributed by atoms with Gasteiger partial charge < -0.3 is 42.1 Å². The number of thioether (sulfide) groups is 4. The fourth-order valence-electron chi connectivity index (χ4n) is 9.27. The third kappa shape index (κ3) is 16.4. The van der Waals surface area contributed by atoms with Crippen molar-refractivity contribution in [3.8, 4) is 0 Å². The minimum Gasteiger partial charge on any atom is -0.381 e. The number of carbonyl (C=O) groups excluding carboxylic acids is 8. The van der Waals surface area contributed by atoms with E-state index in [-0.39, 0.29) is 43.6 Å². The standard InChI is InChI=1S/2C25H36N4O5S2/c2*1-4-8-18(27-23(33)19-13-25(15-29(19)3)35-11-12-36-25)22(32)24(34)26-14-20(31)28-21(16(2)30)17-9-6-5-7-10-17/h2*5-7,9-10,18-19,21-22,32H,4,8,11-15H2,1-3H3,(H,26,34)(H,27,33)(H,28,31)/t2*18?,19-,21+,22?/m00/s1. The highest BCUT2D eigenvalue weighted by Gasteiger charge is 2.50. The van der Waals surface area contributed by atoms with Gasteiger partial charge in [0.05, 0.1) is 45.4 Å². The van der Waals surface area contributed by atoms with Crippen LogP contribution in [-0.2, 0) is 38.4 Å². The molecule has 2 aromatic rings. The van der Waals surface area contributed by atoms with Gasteiger partial charge >= 0.3 is 0 Å². The van der Waals surface area contributed by atoms with Gasteiger partial charge in [0.15, 0.2) is 23.8 Å². The predicted molar refractivity (Wildman–Crippen MR) is 285 cm³/mol. The average Bonchev–Trinajstić information content (AvgIpc) is 4.17. The fraction of sp³-hybridized carbons (Fsp3) is 0.600. The lowest BCUT2D eigenvalue weighted by atomic mass is 10.0. The molecule has 0 bridgehead atoms. The monoisotopic (exact) mass is 1070 g/mol. The number of hydrogen-bond acceptors (Lipinski definition) is 16. The number of nitrogens with zero attached hydrogens (tertiary/aromatic N) is 2. The van der Waals surface area contributed by atoms with Crippen molar-refractivity contribution in [3.63, 3.8) is 0 Å². The minimum absolute atomic E-state index is 0.0395. The molecule has 4 aliphatic rings. The zero-order chi connectivity index (χ0) is 52.6. The van der Waals surface area contributed by atoms with Gasteiger partial charge in [0, 0.05) is 36.1 Å². The minimum atomic E-state index is -1.50. The molecule has 18 nitrogen and oxygen atoms in total. The highest BCUT2D eigenvalue weighted by Crippen LogP contribution is 2.52. The maximum Gasteiger partial charge on any atom is 0.251 e. The second-order valence-corrected chi connectivity index (χ2v) is 25.1. The predicted octanol–water partition coefficient (Wildman–Crippen LogP) is 2.15. The van der Waals surface area contributed by atoms with Gasteiger partial charge in [-0.15, -0.1) is 47.0 Å². The van der Waals surface area contributed by atoms with Crippen LogP contribution in [0.4, 0.5) is 0 Å². The summed E-state index contributed by atoms with van der Waals surface area (Å²) in [6.07, 6.45) is 0.587. The van der Waals surface area contributed by atoms with E-state index in [2.05, 4.69) is 31.9 Å². The first-order chi connectivity index (χ1) is 34.3. The van der Waals surface area contributed by atoms with Crippen LogP contribution in [0.15, 0.2) is 60.7 Å². The molecule has 4 unspecified atom stereocenters. The molecule has 2 spiro atoms. The summed E-state index contributed by atoms with van der Waals surface area (Å²) < 4.78 is 0.0791. The molecular weight excluding hydrogens is 1000 g/mol. The van der Waals surface area contributed by atoms with Gasteiger partial charge in [0.25, 0.3) is 11.8 Å². The Morgan fingerprint density at radius 2 is 0.903 bits per heavy atom. The van der Waals surface area contributed by atoms with E-state index in [4.69, 9.17) is 0 Å². The van der Waals surface area contributed by atoms with Gasteiger partial charge in [0.1, 0.15) is 12.1 Å². The van der Waals surface area contributed by atoms with Crippen molar-refractivity contribution in [2.45, 2.75) is 123 Å². The highest BCUT2D eigenvalue weighted by molar-refractivity contribution is 8.21. The third-order valence-corrected chi connectivity index (χ3v) is 19.8. The Morgan fingerprint density at radius 1 is 0.569 bits per heavy atom. The summed E-state index contributed by atoms with van der Waals surface area (Å²) in [7, 11) is 3.86. The second-order valence-electron chi connectivity index (χ2n) is 18.7. The summed E-state index contributed by atoms with van der Waals surface area (Å²) in [6, 6.07) is 13.8. The Bertz CT molecular complexity index is 2030. The molecule has 0 aromatic heterocycles. The fourth-order valence-corrected chi connectivity index (χ4v) is 16.0. The Kier molecular flexibility index (Phi) is 22.8. The van der Waals surface area contributed by atoms with Crippen LogP contribution < -0.4 is 31.9 Å². The van der Waals surface area contributed by atoms with Crippen molar-refractivity contribution >= 4 is 94.1 Å². The molecule has 4 fully saturated rings. The van der Waals surface area contributed by atoms with Crippen molar-refractivity contribution < 1.29 is 48.6 Å². The summed E-state index contributed by atoms with van der Waals surface area (Å²) >= 11 is 7.60. The Morgan fingerprint density at radius 3 is 1.21 bits per heavy atom. The molecule has 0 radical (unpaired) electrons. The molecule has 4 aliphatic heterocycles. The quantitative estimate of drug-likeness (QED) is 0.0841. The van der Waals surface area contributed by atoms with E-state index in [0.717, 1.165) is 48.9 Å². The van der Waals surface area contributed by atoms with Gasteiger partial charge in [-0.3, -0.25) is 48.2 Å². The van der Waals surface area contributed by atoms with Gasteiger partial charge in [-0.2, -0.15) is 0 Å². The molecule has 72 heavy (non-hydrogen) atoms. The SMILES string of the molecule is CCCC(NC(=O)[C@@H]1CC2(CN1C)SCCS2)C(O)C(=O)NCC(=O)N[C@H](C(C)=O)c1ccccc1.CCCC(NC(=O)[C@@H]1CC2(CN1C)SCCS2)C(O)C(=O)NCC(=O)N[C@H](C(C)=O)c1ccccc1.